The Morgan fingerprint density at radius 3 is 1.22 bits per heavy atom. The highest BCUT2D eigenvalue weighted by molar-refractivity contribution is 5.76. The highest BCUT2D eigenvalue weighted by atomic mass is 16.6. The van der Waals surface area contributed by atoms with E-state index in [1.54, 1.807) is 4.90 Å². The van der Waals surface area contributed by atoms with Gasteiger partial charge in [-0.15, -0.1) is 0 Å². The van der Waals surface area contributed by atoms with Crippen LogP contribution in [0.1, 0.15) is 121 Å². The Labute approximate surface area is 520 Å². The molecule has 0 radical (unpaired) electrons. The number of carbonyl (C=O) groups excluding carboxylic acids is 3. The molecule has 11 nitrogen and oxygen atoms in total. The number of anilines is 4. The molecule has 88 heavy (non-hydrogen) atoms. The maximum absolute atomic E-state index is 15.9. The van der Waals surface area contributed by atoms with Crippen LogP contribution in [-0.2, 0) is 49.0 Å². The lowest BCUT2D eigenvalue weighted by atomic mass is 9.85. The molecule has 4 fully saturated rings. The molecule has 0 aromatic heterocycles. The lowest BCUT2D eigenvalue weighted by Crippen LogP contribution is -2.60. The van der Waals surface area contributed by atoms with Gasteiger partial charge in [0.2, 0.25) is 0 Å². The average molecular weight is 1170 g/mol. The predicted octanol–water partition coefficient (Wildman–Crippen LogP) is 17.9. The van der Waals surface area contributed by atoms with Crippen molar-refractivity contribution in [3.05, 3.63) is 240 Å². The molecule has 8 aromatic rings. The van der Waals surface area contributed by atoms with Crippen molar-refractivity contribution < 1.29 is 28.6 Å². The van der Waals surface area contributed by atoms with E-state index in [2.05, 4.69) is 222 Å². The highest BCUT2D eigenvalue weighted by Crippen LogP contribution is 2.55. The van der Waals surface area contributed by atoms with Crippen LogP contribution in [0.4, 0.5) is 37.1 Å². The minimum Gasteiger partial charge on any atom is -0.444 e. The summed E-state index contributed by atoms with van der Waals surface area (Å²) in [5.74, 6) is 0. The number of cyclic esters (lactones) is 2. The molecule has 2 saturated carbocycles. The van der Waals surface area contributed by atoms with E-state index in [9.17, 15) is 9.59 Å². The van der Waals surface area contributed by atoms with Gasteiger partial charge in [0.05, 0.1) is 36.3 Å². The monoisotopic (exact) mass is 1170 g/mol. The van der Waals surface area contributed by atoms with Crippen LogP contribution in [-0.4, -0.2) is 76.0 Å². The molecule has 2 saturated heterocycles. The van der Waals surface area contributed by atoms with Crippen molar-refractivity contribution in [3.8, 4) is 22.3 Å². The van der Waals surface area contributed by atoms with Gasteiger partial charge in [0.1, 0.15) is 17.8 Å². The quantitative estimate of drug-likeness (QED) is 0.0817. The van der Waals surface area contributed by atoms with Crippen LogP contribution in [0.2, 0.25) is 0 Å². The highest BCUT2D eigenvalue weighted by Gasteiger charge is 2.60. The van der Waals surface area contributed by atoms with Crippen molar-refractivity contribution in [2.24, 2.45) is 0 Å². The van der Waals surface area contributed by atoms with Gasteiger partial charge in [-0.1, -0.05) is 199 Å². The summed E-state index contributed by atoms with van der Waals surface area (Å²) < 4.78 is 20.0. The molecular weight excluding hydrogens is 1090 g/mol. The van der Waals surface area contributed by atoms with Crippen molar-refractivity contribution in [1.82, 2.24) is 14.7 Å². The van der Waals surface area contributed by atoms with Crippen LogP contribution in [0.3, 0.4) is 0 Å². The van der Waals surface area contributed by atoms with Crippen LogP contribution in [0.5, 0.6) is 0 Å². The maximum Gasteiger partial charge on any atom is 0.411 e. The Balaban J connectivity index is 0.932. The number of benzene rings is 8. The molecule has 4 atom stereocenters. The number of amides is 3. The number of nitrogens with one attached hydrogen (secondary N) is 2. The Bertz CT molecular complexity index is 3560. The van der Waals surface area contributed by atoms with Gasteiger partial charge >= 0.3 is 18.3 Å². The molecule has 12 rings (SSSR count). The first-order valence-corrected chi connectivity index (χ1v) is 31.3. The molecule has 11 heteroatoms. The summed E-state index contributed by atoms with van der Waals surface area (Å²) in [5, 5.41) is 7.24. The molecular formula is C77H83N5O6. The third-order valence-electron chi connectivity index (χ3n) is 18.2. The molecule has 3 amide bonds. The summed E-state index contributed by atoms with van der Waals surface area (Å²) in [6.07, 6.45) is 0.655. The maximum atomic E-state index is 15.9. The molecule has 0 bridgehead atoms. The van der Waals surface area contributed by atoms with Crippen molar-refractivity contribution in [2.45, 2.75) is 153 Å². The molecule has 2 aliphatic heterocycles. The second-order valence-electron chi connectivity index (χ2n) is 27.8. The zero-order valence-electron chi connectivity index (χ0n) is 52.4. The van der Waals surface area contributed by atoms with E-state index >= 15 is 4.79 Å². The number of rotatable bonds is 18. The fourth-order valence-electron chi connectivity index (χ4n) is 13.0. The van der Waals surface area contributed by atoms with Gasteiger partial charge in [-0.2, -0.15) is 0 Å². The van der Waals surface area contributed by atoms with E-state index < -0.39 is 59.3 Å². The van der Waals surface area contributed by atoms with Crippen LogP contribution in [0, 0.1) is 0 Å². The predicted molar refractivity (Wildman–Crippen MR) is 352 cm³/mol. The number of ether oxygens (including phenoxy) is 3. The number of hydrogen-bond acceptors (Lipinski definition) is 8. The summed E-state index contributed by atoms with van der Waals surface area (Å²) in [5.41, 5.74) is 12.2. The summed E-state index contributed by atoms with van der Waals surface area (Å²) in [6.45, 7) is 19.3. The van der Waals surface area contributed by atoms with E-state index in [-0.39, 0.29) is 36.8 Å². The third kappa shape index (κ3) is 12.9. The summed E-state index contributed by atoms with van der Waals surface area (Å²) >= 11 is 0. The van der Waals surface area contributed by atoms with E-state index in [0.29, 0.717) is 0 Å². The SMILES string of the molecule is CC(C)(C)OC(=O)N([C@@H](Cc1ccc(Nc2cccc(-c3ccccc3)c2)cc1)C1CN(C2(c3cccc(C(C)(C)C)c3)CC2)C(=O)O1)[C@@H](Cc1ccc(Nc2cccc(-c3ccccc3)c2)cc1)C1CN(C2(c3cccc(C(C)(C)C)c3)CC2)C(=O)O1. The van der Waals surface area contributed by atoms with Gasteiger partial charge in [0, 0.05) is 22.7 Å². The van der Waals surface area contributed by atoms with E-state index in [0.717, 1.165) is 92.9 Å². The summed E-state index contributed by atoms with van der Waals surface area (Å²) in [6, 6.07) is 69.6. The lowest BCUT2D eigenvalue weighted by Gasteiger charge is -2.42. The topological polar surface area (TPSA) is 113 Å². The van der Waals surface area contributed by atoms with E-state index in [1.807, 2.05) is 67.0 Å². The summed E-state index contributed by atoms with van der Waals surface area (Å²) in [4.78, 5) is 51.4. The minimum absolute atomic E-state index is 0.106. The van der Waals surface area contributed by atoms with Gasteiger partial charge < -0.3 is 24.8 Å². The Hall–Kier alpha value is -8.83. The van der Waals surface area contributed by atoms with Gasteiger partial charge in [-0.05, 0) is 174 Å². The third-order valence-corrected chi connectivity index (χ3v) is 18.2. The van der Waals surface area contributed by atoms with Gasteiger partial charge in [0.25, 0.3) is 0 Å². The first kappa shape index (κ1) is 59.5. The van der Waals surface area contributed by atoms with Crippen molar-refractivity contribution in [3.63, 3.8) is 0 Å². The fourth-order valence-corrected chi connectivity index (χ4v) is 13.0. The van der Waals surface area contributed by atoms with E-state index in [4.69, 9.17) is 14.2 Å². The van der Waals surface area contributed by atoms with Gasteiger partial charge in [-0.25, -0.2) is 14.4 Å². The average Bonchev–Trinajstić information content (AvgIpc) is 1.60. The largest absolute Gasteiger partial charge is 0.444 e. The smallest absolute Gasteiger partial charge is 0.411 e. The number of hydrogen-bond donors (Lipinski definition) is 2. The second-order valence-corrected chi connectivity index (χ2v) is 27.8. The minimum atomic E-state index is -0.927. The number of carbonyl (C=O) groups is 3. The molecule has 4 aliphatic rings. The van der Waals surface area contributed by atoms with Gasteiger partial charge in [-0.3, -0.25) is 14.7 Å². The zero-order valence-corrected chi connectivity index (χ0v) is 52.4. The van der Waals surface area contributed by atoms with Crippen LogP contribution in [0.15, 0.2) is 206 Å². The Kier molecular flexibility index (Phi) is 16.0. The normalized spacial score (nSPS) is 18.4. The molecule has 2 aliphatic carbocycles. The Morgan fingerprint density at radius 2 is 0.852 bits per heavy atom. The first-order valence-electron chi connectivity index (χ1n) is 31.3. The zero-order chi connectivity index (χ0) is 61.6. The number of nitrogens with zero attached hydrogens (tertiary/aromatic N) is 3. The second kappa shape index (κ2) is 23.7. The lowest BCUT2D eigenvalue weighted by molar-refractivity contribution is -0.0345. The Morgan fingerprint density at radius 1 is 0.477 bits per heavy atom. The molecule has 0 spiro atoms. The molecule has 2 N–H and O–H groups in total. The van der Waals surface area contributed by atoms with Gasteiger partial charge in [0.15, 0.2) is 0 Å². The van der Waals surface area contributed by atoms with Crippen LogP contribution < -0.4 is 10.6 Å². The molecule has 2 unspecified atom stereocenters. The fraction of sp³-hybridized carbons (Fsp3) is 0.338. The first-order chi connectivity index (χ1) is 42.1. The van der Waals surface area contributed by atoms with Crippen molar-refractivity contribution >= 4 is 41.0 Å². The molecule has 452 valence electrons. The summed E-state index contributed by atoms with van der Waals surface area (Å²) in [7, 11) is 0. The standard InChI is InChI=1S/C77H83N5O6/c1-73(2,3)58-26-18-28-60(48-58)76(40-41-76)80-50-68(86-70(80)83)66(44-52-32-36-62(37-33-52)78-64-30-16-24-56(46-64)54-20-12-10-13-21-54)82(72(85)88-75(7,8)9)67(69-51-81(71(84)87-69)77(42-43-77)61-29-19-27-59(49-61)74(4,5)6)45-53-34-38-63(39-35-53)79-65-31-17-25-57(47-65)55-22-14-11-15-23-55/h10-39,46-49,66-69,78-79H,40-45,50-51H2,1-9H3/t66-,67-,68?,69?/m0/s1. The molecule has 2 heterocycles. The van der Waals surface area contributed by atoms with Crippen LogP contribution in [0.25, 0.3) is 22.3 Å². The molecule has 8 aromatic carbocycles. The van der Waals surface area contributed by atoms with Crippen molar-refractivity contribution in [1.29, 1.82) is 0 Å². The van der Waals surface area contributed by atoms with E-state index in [1.165, 1.54) is 11.1 Å². The van der Waals surface area contributed by atoms with Crippen molar-refractivity contribution in [2.75, 3.05) is 23.7 Å². The van der Waals surface area contributed by atoms with Crippen LogP contribution >= 0.6 is 0 Å².